The van der Waals surface area contributed by atoms with Crippen LogP contribution in [-0.2, 0) is 5.60 Å². The van der Waals surface area contributed by atoms with Gasteiger partial charge in [-0.15, -0.1) is 0 Å². The number of nitrogens with one attached hydrogen (secondary N) is 1. The SMILES string of the molecule is Cc1ccc(C(C)(O)CNc2cnn(-c3ccc(Cl)cc3Cl)c(=O)c2Cl)o1. The molecule has 0 bridgehead atoms. The predicted octanol–water partition coefficient (Wildman–Crippen LogP) is 4.41. The fraction of sp³-hybridized carbons (Fsp3) is 0.222. The summed E-state index contributed by atoms with van der Waals surface area (Å²) in [4.78, 5) is 12.6. The van der Waals surface area contributed by atoms with Gasteiger partial charge in [0.25, 0.3) is 5.56 Å². The third-order valence-electron chi connectivity index (χ3n) is 3.95. The van der Waals surface area contributed by atoms with Crippen molar-refractivity contribution in [3.05, 3.63) is 73.5 Å². The van der Waals surface area contributed by atoms with Gasteiger partial charge in [-0.05, 0) is 44.2 Å². The molecule has 0 amide bonds. The Labute approximate surface area is 170 Å². The minimum Gasteiger partial charge on any atom is -0.463 e. The van der Waals surface area contributed by atoms with E-state index in [1.165, 1.54) is 12.3 Å². The zero-order valence-corrected chi connectivity index (χ0v) is 16.7. The minimum absolute atomic E-state index is 0.0620. The van der Waals surface area contributed by atoms with Gasteiger partial charge in [-0.3, -0.25) is 4.79 Å². The van der Waals surface area contributed by atoms with Gasteiger partial charge >= 0.3 is 0 Å². The highest BCUT2D eigenvalue weighted by molar-refractivity contribution is 6.36. The van der Waals surface area contributed by atoms with Crippen LogP contribution in [0, 0.1) is 6.92 Å². The molecule has 0 spiro atoms. The van der Waals surface area contributed by atoms with Gasteiger partial charge < -0.3 is 14.8 Å². The molecule has 1 atom stereocenters. The van der Waals surface area contributed by atoms with E-state index in [1.807, 2.05) is 0 Å². The second-order valence-corrected chi connectivity index (χ2v) is 7.44. The lowest BCUT2D eigenvalue weighted by atomic mass is 10.0. The monoisotopic (exact) mass is 427 g/mol. The lowest BCUT2D eigenvalue weighted by Gasteiger charge is -2.22. The van der Waals surface area contributed by atoms with E-state index in [9.17, 15) is 9.90 Å². The molecule has 0 saturated carbocycles. The molecule has 0 aliphatic carbocycles. The van der Waals surface area contributed by atoms with Gasteiger partial charge in [0.2, 0.25) is 0 Å². The average Bonchev–Trinajstić information content (AvgIpc) is 3.04. The molecule has 3 aromatic rings. The molecule has 0 aliphatic rings. The Bertz CT molecular complexity index is 1040. The van der Waals surface area contributed by atoms with Crippen LogP contribution >= 0.6 is 34.8 Å². The van der Waals surface area contributed by atoms with E-state index in [1.54, 1.807) is 38.1 Å². The summed E-state index contributed by atoms with van der Waals surface area (Å²) < 4.78 is 6.54. The number of aromatic nitrogens is 2. The van der Waals surface area contributed by atoms with Crippen LogP contribution in [0.1, 0.15) is 18.4 Å². The molecule has 0 aliphatic heterocycles. The lowest BCUT2D eigenvalue weighted by Crippen LogP contribution is -2.31. The van der Waals surface area contributed by atoms with Crippen molar-refractivity contribution in [1.29, 1.82) is 0 Å². The summed E-state index contributed by atoms with van der Waals surface area (Å²) in [6.07, 6.45) is 1.39. The van der Waals surface area contributed by atoms with Crippen molar-refractivity contribution in [1.82, 2.24) is 9.78 Å². The topological polar surface area (TPSA) is 80.3 Å². The molecule has 2 N–H and O–H groups in total. The number of furan rings is 1. The van der Waals surface area contributed by atoms with Crippen molar-refractivity contribution in [2.45, 2.75) is 19.4 Å². The first-order valence-corrected chi connectivity index (χ1v) is 9.09. The molecular weight excluding hydrogens is 413 g/mol. The van der Waals surface area contributed by atoms with Crippen LogP contribution in [0.3, 0.4) is 0 Å². The standard InChI is InChI=1S/C18H16Cl3N3O3/c1-10-3-6-15(27-10)18(2,26)9-22-13-8-23-24(17(25)16(13)21)14-5-4-11(19)7-12(14)20/h3-8,22,26H,9H2,1-2H3. The van der Waals surface area contributed by atoms with E-state index in [-0.39, 0.29) is 22.3 Å². The molecule has 2 aromatic heterocycles. The van der Waals surface area contributed by atoms with Gasteiger partial charge in [0.1, 0.15) is 22.1 Å². The number of hydrogen-bond acceptors (Lipinski definition) is 5. The highest BCUT2D eigenvalue weighted by Crippen LogP contribution is 2.26. The number of benzene rings is 1. The fourth-order valence-corrected chi connectivity index (χ4v) is 3.14. The molecule has 0 saturated heterocycles. The molecular formula is C18H16Cl3N3O3. The molecule has 9 heteroatoms. The summed E-state index contributed by atoms with van der Waals surface area (Å²) in [5, 5.41) is 18.2. The van der Waals surface area contributed by atoms with Crippen molar-refractivity contribution in [3.63, 3.8) is 0 Å². The van der Waals surface area contributed by atoms with Crippen LogP contribution in [-0.4, -0.2) is 21.4 Å². The maximum Gasteiger partial charge on any atom is 0.292 e. The molecule has 27 heavy (non-hydrogen) atoms. The predicted molar refractivity (Wildman–Crippen MR) is 106 cm³/mol. The summed E-state index contributed by atoms with van der Waals surface area (Å²) in [6.45, 7) is 3.44. The lowest BCUT2D eigenvalue weighted by molar-refractivity contribution is 0.0468. The Kier molecular flexibility index (Phi) is 5.53. The Morgan fingerprint density at radius 3 is 2.63 bits per heavy atom. The smallest absolute Gasteiger partial charge is 0.292 e. The zero-order valence-electron chi connectivity index (χ0n) is 14.5. The maximum atomic E-state index is 12.6. The van der Waals surface area contributed by atoms with Crippen molar-refractivity contribution in [3.8, 4) is 5.69 Å². The van der Waals surface area contributed by atoms with Crippen LogP contribution in [0.2, 0.25) is 15.1 Å². The Morgan fingerprint density at radius 1 is 1.26 bits per heavy atom. The summed E-state index contributed by atoms with van der Waals surface area (Å²) >= 11 is 18.2. The molecule has 1 aromatic carbocycles. The van der Waals surface area contributed by atoms with E-state index in [4.69, 9.17) is 39.2 Å². The largest absolute Gasteiger partial charge is 0.463 e. The number of rotatable bonds is 5. The number of aryl methyl sites for hydroxylation is 1. The van der Waals surface area contributed by atoms with Crippen molar-refractivity contribution in [2.24, 2.45) is 0 Å². The van der Waals surface area contributed by atoms with Crippen LogP contribution in [0.5, 0.6) is 0 Å². The zero-order chi connectivity index (χ0) is 19.8. The first-order valence-electron chi connectivity index (χ1n) is 7.95. The quantitative estimate of drug-likeness (QED) is 0.629. The number of aliphatic hydroxyl groups is 1. The van der Waals surface area contributed by atoms with Crippen molar-refractivity contribution >= 4 is 40.5 Å². The van der Waals surface area contributed by atoms with E-state index >= 15 is 0 Å². The van der Waals surface area contributed by atoms with E-state index < -0.39 is 11.2 Å². The normalized spacial score (nSPS) is 13.4. The Morgan fingerprint density at radius 2 is 2.00 bits per heavy atom. The molecule has 2 heterocycles. The summed E-state index contributed by atoms with van der Waals surface area (Å²) in [6, 6.07) is 8.13. The molecule has 142 valence electrons. The van der Waals surface area contributed by atoms with Crippen LogP contribution in [0.4, 0.5) is 5.69 Å². The van der Waals surface area contributed by atoms with Crippen LogP contribution in [0.25, 0.3) is 5.69 Å². The summed E-state index contributed by atoms with van der Waals surface area (Å²) in [7, 11) is 0. The maximum absolute atomic E-state index is 12.6. The van der Waals surface area contributed by atoms with E-state index in [0.717, 1.165) is 4.68 Å². The van der Waals surface area contributed by atoms with E-state index in [0.29, 0.717) is 22.2 Å². The average molecular weight is 429 g/mol. The van der Waals surface area contributed by atoms with Crippen LogP contribution in [0.15, 0.2) is 45.7 Å². The van der Waals surface area contributed by atoms with Gasteiger partial charge in [0.15, 0.2) is 0 Å². The van der Waals surface area contributed by atoms with Gasteiger partial charge in [0.05, 0.1) is 29.1 Å². The highest BCUT2D eigenvalue weighted by Gasteiger charge is 2.27. The van der Waals surface area contributed by atoms with Crippen molar-refractivity contribution in [2.75, 3.05) is 11.9 Å². The number of halogens is 3. The van der Waals surface area contributed by atoms with Crippen molar-refractivity contribution < 1.29 is 9.52 Å². The molecule has 0 fully saturated rings. The number of hydrogen-bond donors (Lipinski definition) is 2. The number of anilines is 1. The van der Waals surface area contributed by atoms with Gasteiger partial charge in [0, 0.05) is 5.02 Å². The Hall–Kier alpha value is -1.99. The van der Waals surface area contributed by atoms with E-state index in [2.05, 4.69) is 10.4 Å². The first kappa shape index (κ1) is 19.8. The van der Waals surface area contributed by atoms with Gasteiger partial charge in [-0.2, -0.15) is 9.78 Å². The van der Waals surface area contributed by atoms with Gasteiger partial charge in [-0.1, -0.05) is 34.8 Å². The summed E-state index contributed by atoms with van der Waals surface area (Å²) in [5.41, 5.74) is -1.21. The second kappa shape index (κ2) is 7.56. The summed E-state index contributed by atoms with van der Waals surface area (Å²) in [5.74, 6) is 1.09. The Balaban J connectivity index is 1.86. The molecule has 1 unspecified atom stereocenters. The second-order valence-electron chi connectivity index (χ2n) is 6.22. The molecule has 3 rings (SSSR count). The third-order valence-corrected chi connectivity index (χ3v) is 4.85. The minimum atomic E-state index is -1.30. The molecule has 0 radical (unpaired) electrons. The van der Waals surface area contributed by atoms with Gasteiger partial charge in [-0.25, -0.2) is 0 Å². The highest BCUT2D eigenvalue weighted by atomic mass is 35.5. The van der Waals surface area contributed by atoms with Crippen LogP contribution < -0.4 is 10.9 Å². The number of nitrogens with zero attached hydrogens (tertiary/aromatic N) is 2. The first-order chi connectivity index (χ1) is 12.7. The third kappa shape index (κ3) is 4.14. The fourth-order valence-electron chi connectivity index (χ4n) is 2.46. The molecule has 6 nitrogen and oxygen atoms in total.